The van der Waals surface area contributed by atoms with Crippen LogP contribution in [0.4, 0.5) is 4.79 Å². The second-order valence-corrected chi connectivity index (χ2v) is 5.60. The van der Waals surface area contributed by atoms with Crippen LogP contribution in [0.2, 0.25) is 0 Å². The molecule has 1 aromatic rings. The van der Waals surface area contributed by atoms with Crippen LogP contribution in [0.5, 0.6) is 0 Å². The average Bonchev–Trinajstić information content (AvgIpc) is 2.99. The van der Waals surface area contributed by atoms with Gasteiger partial charge in [-0.2, -0.15) is 0 Å². The number of alkyl carbamates (subject to hydrolysis) is 1. The van der Waals surface area contributed by atoms with Gasteiger partial charge in [0.1, 0.15) is 4.88 Å². The zero-order chi connectivity index (χ0) is 13.8. The van der Waals surface area contributed by atoms with E-state index in [1.807, 2.05) is 6.07 Å². The quantitative estimate of drug-likeness (QED) is 0.873. The lowest BCUT2D eigenvalue weighted by Crippen LogP contribution is -2.36. The van der Waals surface area contributed by atoms with Gasteiger partial charge >= 0.3 is 12.1 Å². The number of hydrogen-bond acceptors (Lipinski definition) is 5. The number of amides is 1. The molecule has 0 bridgehead atoms. The van der Waals surface area contributed by atoms with E-state index < -0.39 is 12.1 Å². The molecule has 2 heterocycles. The van der Waals surface area contributed by atoms with Gasteiger partial charge < -0.3 is 15.2 Å². The van der Waals surface area contributed by atoms with E-state index in [1.165, 1.54) is 18.4 Å². The third-order valence-electron chi connectivity index (χ3n) is 3.03. The van der Waals surface area contributed by atoms with E-state index in [1.54, 1.807) is 6.07 Å². The SMILES string of the molecule is COC(=O)NC1CCN(Cc2ccc(C(=O)O)s2)C1. The zero-order valence-corrected chi connectivity index (χ0v) is 11.4. The van der Waals surface area contributed by atoms with Crippen LogP contribution < -0.4 is 5.32 Å². The van der Waals surface area contributed by atoms with Crippen molar-refractivity contribution in [2.45, 2.75) is 19.0 Å². The Morgan fingerprint density at radius 1 is 1.58 bits per heavy atom. The van der Waals surface area contributed by atoms with Gasteiger partial charge in [0.15, 0.2) is 0 Å². The normalized spacial score (nSPS) is 19.3. The molecule has 1 aliphatic heterocycles. The van der Waals surface area contributed by atoms with E-state index in [9.17, 15) is 9.59 Å². The van der Waals surface area contributed by atoms with E-state index in [-0.39, 0.29) is 6.04 Å². The molecule has 0 radical (unpaired) electrons. The highest BCUT2D eigenvalue weighted by Crippen LogP contribution is 2.20. The maximum Gasteiger partial charge on any atom is 0.407 e. The van der Waals surface area contributed by atoms with Crippen LogP contribution >= 0.6 is 11.3 Å². The van der Waals surface area contributed by atoms with E-state index in [0.29, 0.717) is 4.88 Å². The molecule has 1 saturated heterocycles. The van der Waals surface area contributed by atoms with E-state index in [2.05, 4.69) is 15.0 Å². The summed E-state index contributed by atoms with van der Waals surface area (Å²) in [5, 5.41) is 11.6. The number of ether oxygens (including phenoxy) is 1. The second kappa shape index (κ2) is 6.03. The highest BCUT2D eigenvalue weighted by atomic mass is 32.1. The zero-order valence-electron chi connectivity index (χ0n) is 10.6. The summed E-state index contributed by atoms with van der Waals surface area (Å²) in [5.74, 6) is -0.886. The lowest BCUT2D eigenvalue weighted by atomic mass is 10.3. The Hall–Kier alpha value is -1.60. The highest BCUT2D eigenvalue weighted by Gasteiger charge is 2.24. The van der Waals surface area contributed by atoms with Crippen LogP contribution in [0, 0.1) is 0 Å². The summed E-state index contributed by atoms with van der Waals surface area (Å²) in [4.78, 5) is 25.5. The minimum absolute atomic E-state index is 0.103. The largest absolute Gasteiger partial charge is 0.477 e. The monoisotopic (exact) mass is 284 g/mol. The summed E-state index contributed by atoms with van der Waals surface area (Å²) in [5.41, 5.74) is 0. The predicted molar refractivity (Wildman–Crippen MR) is 70.5 cm³/mol. The molecule has 1 atom stereocenters. The summed E-state index contributed by atoms with van der Waals surface area (Å²) in [6, 6.07) is 3.57. The maximum atomic E-state index is 11.1. The van der Waals surface area contributed by atoms with Gasteiger partial charge in [-0.15, -0.1) is 11.3 Å². The first-order valence-electron chi connectivity index (χ1n) is 5.97. The first-order chi connectivity index (χ1) is 9.08. The number of rotatable bonds is 4. The van der Waals surface area contributed by atoms with Crippen LogP contribution in [-0.4, -0.2) is 48.3 Å². The number of carbonyl (C=O) groups excluding carboxylic acids is 1. The fraction of sp³-hybridized carbons (Fsp3) is 0.500. The number of carbonyl (C=O) groups is 2. The molecular weight excluding hydrogens is 268 g/mol. The molecule has 0 spiro atoms. The molecule has 19 heavy (non-hydrogen) atoms. The molecule has 2 rings (SSSR count). The molecule has 6 nitrogen and oxygen atoms in total. The molecule has 1 fully saturated rings. The standard InChI is InChI=1S/C12H16N2O4S/c1-18-12(17)13-8-4-5-14(6-8)7-9-2-3-10(19-9)11(15)16/h2-3,8H,4-7H2,1H3,(H,13,17)(H,15,16). The Balaban J connectivity index is 1.84. The van der Waals surface area contributed by atoms with E-state index in [4.69, 9.17) is 5.11 Å². The number of thiophene rings is 1. The molecular formula is C12H16N2O4S. The second-order valence-electron chi connectivity index (χ2n) is 4.43. The molecule has 1 aliphatic rings. The summed E-state index contributed by atoms with van der Waals surface area (Å²) in [6.45, 7) is 2.36. The Bertz CT molecular complexity index is 474. The molecule has 1 unspecified atom stereocenters. The number of likely N-dealkylation sites (tertiary alicyclic amines) is 1. The number of nitrogens with one attached hydrogen (secondary N) is 1. The summed E-state index contributed by atoms with van der Waals surface area (Å²) < 4.78 is 4.56. The Morgan fingerprint density at radius 3 is 3.00 bits per heavy atom. The highest BCUT2D eigenvalue weighted by molar-refractivity contribution is 7.13. The Morgan fingerprint density at radius 2 is 2.37 bits per heavy atom. The van der Waals surface area contributed by atoms with Crippen molar-refractivity contribution >= 4 is 23.4 Å². The minimum Gasteiger partial charge on any atom is -0.477 e. The van der Waals surface area contributed by atoms with Crippen molar-refractivity contribution in [1.29, 1.82) is 0 Å². The summed E-state index contributed by atoms with van der Waals surface area (Å²) in [7, 11) is 1.35. The van der Waals surface area contributed by atoms with Gasteiger partial charge in [-0.1, -0.05) is 0 Å². The smallest absolute Gasteiger partial charge is 0.407 e. The van der Waals surface area contributed by atoms with Crippen LogP contribution in [0.25, 0.3) is 0 Å². The van der Waals surface area contributed by atoms with Gasteiger partial charge in [0.05, 0.1) is 7.11 Å². The molecule has 1 amide bonds. The molecule has 104 valence electrons. The Kier molecular flexibility index (Phi) is 4.39. The number of aromatic carboxylic acids is 1. The first-order valence-corrected chi connectivity index (χ1v) is 6.79. The number of methoxy groups -OCH3 is 1. The van der Waals surface area contributed by atoms with E-state index >= 15 is 0 Å². The van der Waals surface area contributed by atoms with Crippen molar-refractivity contribution in [3.63, 3.8) is 0 Å². The van der Waals surface area contributed by atoms with Crippen LogP contribution in [0.3, 0.4) is 0 Å². The fourth-order valence-electron chi connectivity index (χ4n) is 2.12. The molecule has 0 aliphatic carbocycles. The molecule has 0 aromatic carbocycles. The van der Waals surface area contributed by atoms with Gasteiger partial charge in [-0.05, 0) is 18.6 Å². The number of carboxylic acids is 1. The third kappa shape index (κ3) is 3.68. The number of nitrogens with zero attached hydrogens (tertiary/aromatic N) is 1. The maximum absolute atomic E-state index is 11.1. The minimum atomic E-state index is -0.886. The predicted octanol–water partition coefficient (Wildman–Crippen LogP) is 1.38. The fourth-order valence-corrected chi connectivity index (χ4v) is 3.01. The van der Waals surface area contributed by atoms with Crippen LogP contribution in [0.15, 0.2) is 12.1 Å². The van der Waals surface area contributed by atoms with Crippen molar-refractivity contribution in [2.24, 2.45) is 0 Å². The van der Waals surface area contributed by atoms with Gasteiger partial charge in [0, 0.05) is 30.6 Å². The van der Waals surface area contributed by atoms with Crippen LogP contribution in [0.1, 0.15) is 21.0 Å². The van der Waals surface area contributed by atoms with Gasteiger partial charge in [0.25, 0.3) is 0 Å². The lowest BCUT2D eigenvalue weighted by Gasteiger charge is -2.15. The van der Waals surface area contributed by atoms with Crippen molar-refractivity contribution < 1.29 is 19.4 Å². The van der Waals surface area contributed by atoms with Gasteiger partial charge in [-0.25, -0.2) is 9.59 Å². The van der Waals surface area contributed by atoms with Crippen molar-refractivity contribution in [1.82, 2.24) is 10.2 Å². The summed E-state index contributed by atoms with van der Waals surface area (Å²) in [6.07, 6.45) is 0.475. The van der Waals surface area contributed by atoms with Crippen LogP contribution in [-0.2, 0) is 11.3 Å². The van der Waals surface area contributed by atoms with Crippen molar-refractivity contribution in [3.8, 4) is 0 Å². The first kappa shape index (κ1) is 13.8. The number of hydrogen-bond donors (Lipinski definition) is 2. The molecule has 1 aromatic heterocycles. The van der Waals surface area contributed by atoms with E-state index in [0.717, 1.165) is 30.9 Å². The van der Waals surface area contributed by atoms with Crippen molar-refractivity contribution in [2.75, 3.05) is 20.2 Å². The van der Waals surface area contributed by atoms with Gasteiger partial charge in [0.2, 0.25) is 0 Å². The van der Waals surface area contributed by atoms with Crippen molar-refractivity contribution in [3.05, 3.63) is 21.9 Å². The Labute approximate surface area is 115 Å². The topological polar surface area (TPSA) is 78.9 Å². The lowest BCUT2D eigenvalue weighted by molar-refractivity contribution is 0.0702. The molecule has 0 saturated carbocycles. The molecule has 7 heteroatoms. The molecule has 2 N–H and O–H groups in total. The summed E-state index contributed by atoms with van der Waals surface area (Å²) >= 11 is 1.29. The third-order valence-corrected chi connectivity index (χ3v) is 4.09. The number of carboxylic acid groups (broad SMARTS) is 1. The average molecular weight is 284 g/mol. The van der Waals surface area contributed by atoms with Gasteiger partial charge in [-0.3, -0.25) is 4.90 Å².